The van der Waals surface area contributed by atoms with E-state index in [4.69, 9.17) is 10.5 Å². The summed E-state index contributed by atoms with van der Waals surface area (Å²) in [6, 6.07) is 20.8. The molecular formula is C15H18O5. The van der Waals surface area contributed by atoms with Gasteiger partial charge in [0.05, 0.1) is 0 Å². The molecule has 0 radical (unpaired) electrons. The molecule has 5 heteroatoms. The number of hydrogen-bond donors (Lipinski definition) is 2. The van der Waals surface area contributed by atoms with Gasteiger partial charge in [0.2, 0.25) is 0 Å². The molecule has 0 heterocycles. The van der Waals surface area contributed by atoms with Gasteiger partial charge in [-0.1, -0.05) is 74.5 Å². The van der Waals surface area contributed by atoms with E-state index in [-0.39, 0.29) is 0 Å². The van der Waals surface area contributed by atoms with Crippen LogP contribution in [-0.4, -0.2) is 16.7 Å². The van der Waals surface area contributed by atoms with E-state index >= 15 is 0 Å². The van der Waals surface area contributed by atoms with Crippen LogP contribution in [-0.2, 0) is 9.78 Å². The van der Waals surface area contributed by atoms with Crippen LogP contribution in [0.25, 0.3) is 11.1 Å². The lowest BCUT2D eigenvalue weighted by Crippen LogP contribution is -1.99. The molecule has 0 spiro atoms. The third-order valence-corrected chi connectivity index (χ3v) is 2.03. The molecule has 0 fully saturated rings. The summed E-state index contributed by atoms with van der Waals surface area (Å²) in [5.41, 5.74) is 2.55. The highest BCUT2D eigenvalue weighted by Gasteiger charge is 1.95. The molecule has 0 aliphatic heterocycles. The lowest BCUT2D eigenvalue weighted by molar-refractivity contribution is -0.270. The highest BCUT2D eigenvalue weighted by molar-refractivity contribution is 5.62. The highest BCUT2D eigenvalue weighted by Crippen LogP contribution is 2.17. The molecule has 2 N–H and O–H groups in total. The van der Waals surface area contributed by atoms with Crippen molar-refractivity contribution in [2.45, 2.75) is 13.8 Å². The van der Waals surface area contributed by atoms with Gasteiger partial charge in [-0.15, -0.1) is 0 Å². The Morgan fingerprint density at radius 1 is 0.750 bits per heavy atom. The summed E-state index contributed by atoms with van der Waals surface area (Å²) in [5.74, 6) is 0. The van der Waals surface area contributed by atoms with E-state index in [0.717, 1.165) is 0 Å². The maximum atomic E-state index is 9.24. The highest BCUT2D eigenvalue weighted by atomic mass is 17.2. The Morgan fingerprint density at radius 2 is 1.05 bits per heavy atom. The average Bonchev–Trinajstić information content (AvgIpc) is 2.58. The van der Waals surface area contributed by atoms with Gasteiger partial charge >= 0.3 is 6.16 Å². The SMILES string of the molecule is CC.O=C(OO)OO.c1ccc(-c2ccccc2)cc1. The largest absolute Gasteiger partial charge is 0.572 e. The normalized spacial score (nSPS) is 8.20. The summed E-state index contributed by atoms with van der Waals surface area (Å²) < 4.78 is 0. The minimum atomic E-state index is -1.55. The zero-order valence-corrected chi connectivity index (χ0v) is 11.4. The maximum absolute atomic E-state index is 9.24. The smallest absolute Gasteiger partial charge is 0.260 e. The van der Waals surface area contributed by atoms with Crippen LogP contribution in [0, 0.1) is 0 Å². The monoisotopic (exact) mass is 278 g/mol. The third-order valence-electron chi connectivity index (χ3n) is 2.03. The first-order valence-corrected chi connectivity index (χ1v) is 6.05. The van der Waals surface area contributed by atoms with E-state index in [0.29, 0.717) is 0 Å². The van der Waals surface area contributed by atoms with E-state index in [9.17, 15) is 4.79 Å². The van der Waals surface area contributed by atoms with Crippen LogP contribution in [0.2, 0.25) is 0 Å². The van der Waals surface area contributed by atoms with Gasteiger partial charge in [-0.05, 0) is 11.1 Å². The van der Waals surface area contributed by atoms with E-state index in [1.54, 1.807) is 0 Å². The van der Waals surface area contributed by atoms with Gasteiger partial charge in [-0.2, -0.15) is 15.3 Å². The van der Waals surface area contributed by atoms with Crippen LogP contribution in [0.15, 0.2) is 60.7 Å². The minimum absolute atomic E-state index is 1.28. The molecule has 2 aromatic carbocycles. The van der Waals surface area contributed by atoms with Gasteiger partial charge in [-0.25, -0.2) is 0 Å². The summed E-state index contributed by atoms with van der Waals surface area (Å²) in [4.78, 5) is 14.8. The van der Waals surface area contributed by atoms with Crippen molar-refractivity contribution in [1.82, 2.24) is 0 Å². The van der Waals surface area contributed by atoms with Gasteiger partial charge in [0.15, 0.2) is 0 Å². The molecule has 0 bridgehead atoms. The Bertz CT molecular complexity index is 413. The van der Waals surface area contributed by atoms with Crippen molar-refractivity contribution in [1.29, 1.82) is 0 Å². The van der Waals surface area contributed by atoms with Crippen LogP contribution in [0.4, 0.5) is 4.79 Å². The Balaban J connectivity index is 0.000000387. The second-order valence-electron chi connectivity index (χ2n) is 3.16. The summed E-state index contributed by atoms with van der Waals surface area (Å²) in [5, 5.41) is 14.4. The molecule has 2 aromatic rings. The van der Waals surface area contributed by atoms with Crippen LogP contribution in [0.5, 0.6) is 0 Å². The van der Waals surface area contributed by atoms with Crippen LogP contribution < -0.4 is 0 Å². The molecule has 0 saturated carbocycles. The molecule has 108 valence electrons. The zero-order valence-electron chi connectivity index (χ0n) is 11.4. The fourth-order valence-electron chi connectivity index (χ4n) is 1.28. The van der Waals surface area contributed by atoms with Crippen LogP contribution in [0.1, 0.15) is 13.8 Å². The topological polar surface area (TPSA) is 76.0 Å². The fourth-order valence-corrected chi connectivity index (χ4v) is 1.28. The summed E-state index contributed by atoms with van der Waals surface area (Å²) in [6.45, 7) is 4.00. The first kappa shape index (κ1) is 17.6. The second-order valence-corrected chi connectivity index (χ2v) is 3.16. The number of carbonyl (C=O) groups is 1. The quantitative estimate of drug-likeness (QED) is 0.594. The molecule has 0 atom stereocenters. The van der Waals surface area contributed by atoms with Crippen molar-refractivity contribution in [3.63, 3.8) is 0 Å². The molecule has 0 saturated heterocycles. The molecular weight excluding hydrogens is 260 g/mol. The van der Waals surface area contributed by atoms with Crippen molar-refractivity contribution in [2.75, 3.05) is 0 Å². The van der Waals surface area contributed by atoms with Gasteiger partial charge in [0, 0.05) is 0 Å². The number of carbonyl (C=O) groups excluding carboxylic acids is 1. The van der Waals surface area contributed by atoms with Gasteiger partial charge in [0.1, 0.15) is 0 Å². The van der Waals surface area contributed by atoms with Gasteiger partial charge < -0.3 is 0 Å². The molecule has 0 aliphatic rings. The van der Waals surface area contributed by atoms with Crippen molar-refractivity contribution >= 4 is 6.16 Å². The Morgan fingerprint density at radius 3 is 1.25 bits per heavy atom. The molecule has 0 aliphatic carbocycles. The van der Waals surface area contributed by atoms with Crippen molar-refractivity contribution in [2.24, 2.45) is 0 Å². The second kappa shape index (κ2) is 11.7. The van der Waals surface area contributed by atoms with E-state index in [1.807, 2.05) is 26.0 Å². The fraction of sp³-hybridized carbons (Fsp3) is 0.133. The zero-order chi connectivity index (χ0) is 15.2. The molecule has 0 amide bonds. The summed E-state index contributed by atoms with van der Waals surface area (Å²) >= 11 is 0. The number of rotatable bonds is 1. The maximum Gasteiger partial charge on any atom is 0.572 e. The predicted octanol–water partition coefficient (Wildman–Crippen LogP) is 4.47. The average molecular weight is 278 g/mol. The minimum Gasteiger partial charge on any atom is -0.260 e. The first-order valence-electron chi connectivity index (χ1n) is 6.05. The molecule has 2 rings (SSSR count). The summed E-state index contributed by atoms with van der Waals surface area (Å²) in [7, 11) is 0. The standard InChI is InChI=1S/C12H10.C2H6.CH2O5/c1-3-7-11(8-4-1)12-9-5-2-6-10-12;1-2;2-1(5-3)6-4/h1-10H;1-2H3;3-4H. The molecule has 5 nitrogen and oxygen atoms in total. The van der Waals surface area contributed by atoms with Crippen LogP contribution >= 0.6 is 0 Å². The summed E-state index contributed by atoms with van der Waals surface area (Å²) in [6.07, 6.45) is -1.55. The molecule has 0 aromatic heterocycles. The lowest BCUT2D eigenvalue weighted by atomic mass is 10.1. The number of hydrogen-bond acceptors (Lipinski definition) is 5. The van der Waals surface area contributed by atoms with Crippen molar-refractivity contribution < 1.29 is 25.1 Å². The van der Waals surface area contributed by atoms with Crippen molar-refractivity contribution in [3.05, 3.63) is 60.7 Å². The molecule has 0 unspecified atom stereocenters. The Kier molecular flexibility index (Phi) is 10.3. The predicted molar refractivity (Wildman–Crippen MR) is 76.0 cm³/mol. The first-order chi connectivity index (χ1) is 9.77. The molecule has 20 heavy (non-hydrogen) atoms. The Hall–Kier alpha value is -2.37. The van der Waals surface area contributed by atoms with Crippen molar-refractivity contribution in [3.8, 4) is 11.1 Å². The number of benzene rings is 2. The van der Waals surface area contributed by atoms with E-state index < -0.39 is 6.16 Å². The Labute approximate surface area is 117 Å². The van der Waals surface area contributed by atoms with E-state index in [1.165, 1.54) is 11.1 Å². The van der Waals surface area contributed by atoms with E-state index in [2.05, 4.69) is 58.3 Å². The van der Waals surface area contributed by atoms with Crippen LogP contribution in [0.3, 0.4) is 0 Å². The van der Waals surface area contributed by atoms with Gasteiger partial charge in [-0.3, -0.25) is 9.78 Å². The lowest BCUT2D eigenvalue weighted by Gasteiger charge is -1.98. The third kappa shape index (κ3) is 7.15. The van der Waals surface area contributed by atoms with Gasteiger partial charge in [0.25, 0.3) is 0 Å².